The van der Waals surface area contributed by atoms with Gasteiger partial charge in [0.15, 0.2) is 17.3 Å². The zero-order valence-corrected chi connectivity index (χ0v) is 16.7. The summed E-state index contributed by atoms with van der Waals surface area (Å²) in [5, 5.41) is 4.13. The predicted octanol–water partition coefficient (Wildman–Crippen LogP) is 3.58. The second-order valence-corrected chi connectivity index (χ2v) is 7.19. The van der Waals surface area contributed by atoms with Crippen molar-refractivity contribution in [2.75, 3.05) is 20.8 Å². The van der Waals surface area contributed by atoms with Crippen LogP contribution in [0.15, 0.2) is 47.0 Å². The molecule has 1 aliphatic heterocycles. The van der Waals surface area contributed by atoms with Crippen LogP contribution in [0.4, 0.5) is 0 Å². The van der Waals surface area contributed by atoms with Crippen molar-refractivity contribution < 1.29 is 18.8 Å². The molecule has 7 nitrogen and oxygen atoms in total. The molecule has 0 bridgehead atoms. The Morgan fingerprint density at radius 3 is 2.72 bits per heavy atom. The lowest BCUT2D eigenvalue weighted by Gasteiger charge is -2.17. The third kappa shape index (κ3) is 3.94. The first kappa shape index (κ1) is 19.0. The van der Waals surface area contributed by atoms with Crippen molar-refractivity contribution in [3.8, 4) is 23.0 Å². The van der Waals surface area contributed by atoms with Gasteiger partial charge in [-0.3, -0.25) is 4.79 Å². The van der Waals surface area contributed by atoms with E-state index < -0.39 is 0 Å². The summed E-state index contributed by atoms with van der Waals surface area (Å²) in [5.74, 6) is 2.36. The number of nitrogens with zero attached hydrogens (tertiary/aromatic N) is 3. The van der Waals surface area contributed by atoms with E-state index in [1.54, 1.807) is 14.2 Å². The van der Waals surface area contributed by atoms with Crippen LogP contribution in [0, 0.1) is 6.92 Å². The highest BCUT2D eigenvalue weighted by atomic mass is 16.5. The monoisotopic (exact) mass is 393 g/mol. The first-order valence-electron chi connectivity index (χ1n) is 9.46. The van der Waals surface area contributed by atoms with E-state index >= 15 is 0 Å². The molecule has 1 aromatic heterocycles. The third-order valence-electron chi connectivity index (χ3n) is 5.11. The minimum atomic E-state index is -0.0787. The van der Waals surface area contributed by atoms with Gasteiger partial charge < -0.3 is 18.9 Å². The van der Waals surface area contributed by atoms with Crippen molar-refractivity contribution in [3.63, 3.8) is 0 Å². The normalized spacial score (nSPS) is 16.3. The number of aryl methyl sites for hydroxylation is 1. The Bertz CT molecular complexity index is 1030. The molecule has 1 unspecified atom stereocenters. The summed E-state index contributed by atoms with van der Waals surface area (Å²) in [4.78, 5) is 18.9. The molecule has 2 aromatic carbocycles. The number of benzene rings is 2. The predicted molar refractivity (Wildman–Crippen MR) is 107 cm³/mol. The third-order valence-corrected chi connectivity index (χ3v) is 5.11. The Morgan fingerprint density at radius 1 is 1.14 bits per heavy atom. The highest BCUT2D eigenvalue weighted by molar-refractivity contribution is 5.79. The van der Waals surface area contributed by atoms with Gasteiger partial charge in [-0.1, -0.05) is 28.9 Å². The molecule has 0 spiro atoms. The zero-order valence-electron chi connectivity index (χ0n) is 16.7. The Morgan fingerprint density at radius 2 is 1.97 bits per heavy atom. The van der Waals surface area contributed by atoms with Crippen molar-refractivity contribution in [2.45, 2.75) is 25.8 Å². The van der Waals surface area contributed by atoms with E-state index in [0.717, 1.165) is 16.7 Å². The number of methoxy groups -OCH3 is 2. The number of rotatable bonds is 6. The standard InChI is InChI=1S/C22H23N3O4/c1-14-5-4-6-16(9-14)22-23-21(24-29-22)17-11-20(26)25(13-17)12-15-7-8-18(27-2)19(10-15)28-3/h4-10,17H,11-13H2,1-3H3. The molecule has 4 rings (SSSR count). The molecule has 7 heteroatoms. The molecule has 0 radical (unpaired) electrons. The fourth-order valence-corrected chi connectivity index (χ4v) is 3.59. The van der Waals surface area contributed by atoms with E-state index in [0.29, 0.717) is 42.7 Å². The van der Waals surface area contributed by atoms with Gasteiger partial charge in [0.25, 0.3) is 5.89 Å². The van der Waals surface area contributed by atoms with Crippen molar-refractivity contribution in [3.05, 3.63) is 59.4 Å². The summed E-state index contributed by atoms with van der Waals surface area (Å²) >= 11 is 0. The highest BCUT2D eigenvalue weighted by Gasteiger charge is 2.34. The maximum atomic E-state index is 12.5. The number of carbonyl (C=O) groups excluding carboxylic acids is 1. The Balaban J connectivity index is 1.47. The van der Waals surface area contributed by atoms with Gasteiger partial charge >= 0.3 is 0 Å². The maximum absolute atomic E-state index is 12.5. The SMILES string of the molecule is COc1ccc(CN2CC(c3noc(-c4cccc(C)c4)n3)CC2=O)cc1OC. The molecule has 0 aliphatic carbocycles. The topological polar surface area (TPSA) is 77.7 Å². The molecule has 1 fully saturated rings. The van der Waals surface area contributed by atoms with Gasteiger partial charge in [-0.15, -0.1) is 0 Å². The molecule has 1 saturated heterocycles. The molecule has 0 saturated carbocycles. The highest BCUT2D eigenvalue weighted by Crippen LogP contribution is 2.32. The second-order valence-electron chi connectivity index (χ2n) is 7.19. The van der Waals surface area contributed by atoms with Crippen LogP contribution in [0.1, 0.15) is 29.3 Å². The lowest BCUT2D eigenvalue weighted by atomic mass is 10.1. The zero-order chi connectivity index (χ0) is 20.4. The lowest BCUT2D eigenvalue weighted by Crippen LogP contribution is -2.24. The van der Waals surface area contributed by atoms with Crippen LogP contribution in [0.3, 0.4) is 0 Å². The summed E-state index contributed by atoms with van der Waals surface area (Å²) < 4.78 is 16.1. The molecule has 1 amide bonds. The molecule has 1 atom stereocenters. The largest absolute Gasteiger partial charge is 0.493 e. The van der Waals surface area contributed by atoms with Gasteiger partial charge in [-0.2, -0.15) is 4.98 Å². The lowest BCUT2D eigenvalue weighted by molar-refractivity contribution is -0.128. The number of ether oxygens (including phenoxy) is 2. The number of hydrogen-bond donors (Lipinski definition) is 0. The maximum Gasteiger partial charge on any atom is 0.257 e. The fourth-order valence-electron chi connectivity index (χ4n) is 3.59. The molecular formula is C22H23N3O4. The number of carbonyl (C=O) groups is 1. The average Bonchev–Trinajstić information content (AvgIpc) is 3.35. The summed E-state index contributed by atoms with van der Waals surface area (Å²) in [6.07, 6.45) is 0.375. The molecular weight excluding hydrogens is 370 g/mol. The van der Waals surface area contributed by atoms with E-state index in [-0.39, 0.29) is 11.8 Å². The summed E-state index contributed by atoms with van der Waals surface area (Å²) in [7, 11) is 3.20. The minimum Gasteiger partial charge on any atom is -0.493 e. The van der Waals surface area contributed by atoms with Crippen molar-refractivity contribution in [1.29, 1.82) is 0 Å². The van der Waals surface area contributed by atoms with E-state index in [1.165, 1.54) is 0 Å². The molecule has 0 N–H and O–H groups in total. The number of amides is 1. The molecule has 2 heterocycles. The first-order valence-corrected chi connectivity index (χ1v) is 9.46. The first-order chi connectivity index (χ1) is 14.1. The van der Waals surface area contributed by atoms with Crippen molar-refractivity contribution in [1.82, 2.24) is 15.0 Å². The fraction of sp³-hybridized carbons (Fsp3) is 0.318. The Hall–Kier alpha value is -3.35. The van der Waals surface area contributed by atoms with E-state index in [2.05, 4.69) is 10.1 Å². The molecule has 150 valence electrons. The van der Waals surface area contributed by atoms with E-state index in [1.807, 2.05) is 54.3 Å². The Kier molecular flexibility index (Phi) is 5.20. The number of hydrogen-bond acceptors (Lipinski definition) is 6. The summed E-state index contributed by atoms with van der Waals surface area (Å²) in [5.41, 5.74) is 2.99. The van der Waals surface area contributed by atoms with E-state index in [4.69, 9.17) is 14.0 Å². The van der Waals surface area contributed by atoms with Crippen LogP contribution in [0.5, 0.6) is 11.5 Å². The van der Waals surface area contributed by atoms with Crippen LogP contribution in [-0.4, -0.2) is 41.7 Å². The summed E-state index contributed by atoms with van der Waals surface area (Å²) in [6.45, 7) is 3.07. The van der Waals surface area contributed by atoms with Crippen LogP contribution in [0.2, 0.25) is 0 Å². The van der Waals surface area contributed by atoms with Gasteiger partial charge in [-0.05, 0) is 36.8 Å². The number of likely N-dealkylation sites (tertiary alicyclic amines) is 1. The van der Waals surface area contributed by atoms with Crippen LogP contribution in [-0.2, 0) is 11.3 Å². The molecule has 1 aliphatic rings. The average molecular weight is 393 g/mol. The molecule has 3 aromatic rings. The number of aromatic nitrogens is 2. The van der Waals surface area contributed by atoms with Gasteiger partial charge in [-0.25, -0.2) is 0 Å². The Labute approximate surface area is 169 Å². The quantitative estimate of drug-likeness (QED) is 0.637. The van der Waals surface area contributed by atoms with Crippen molar-refractivity contribution >= 4 is 5.91 Å². The van der Waals surface area contributed by atoms with Gasteiger partial charge in [0.05, 0.1) is 14.2 Å². The molecule has 29 heavy (non-hydrogen) atoms. The van der Waals surface area contributed by atoms with Crippen LogP contribution in [0.25, 0.3) is 11.5 Å². The van der Waals surface area contributed by atoms with Crippen LogP contribution < -0.4 is 9.47 Å². The van der Waals surface area contributed by atoms with Gasteiger partial charge in [0, 0.05) is 31.0 Å². The summed E-state index contributed by atoms with van der Waals surface area (Å²) in [6, 6.07) is 13.6. The smallest absolute Gasteiger partial charge is 0.257 e. The van der Waals surface area contributed by atoms with Gasteiger partial charge in [0.1, 0.15) is 0 Å². The van der Waals surface area contributed by atoms with Crippen LogP contribution >= 0.6 is 0 Å². The van der Waals surface area contributed by atoms with Gasteiger partial charge in [0.2, 0.25) is 5.91 Å². The minimum absolute atomic E-state index is 0.0756. The van der Waals surface area contributed by atoms with Crippen molar-refractivity contribution in [2.24, 2.45) is 0 Å². The van der Waals surface area contributed by atoms with E-state index in [9.17, 15) is 4.79 Å². The second kappa shape index (κ2) is 7.95.